The lowest BCUT2D eigenvalue weighted by molar-refractivity contribution is -0.0499. The van der Waals surface area contributed by atoms with Crippen molar-refractivity contribution in [3.8, 4) is 5.75 Å². The summed E-state index contributed by atoms with van der Waals surface area (Å²) >= 11 is 0. The molecule has 4 nitrogen and oxygen atoms in total. The smallest absolute Gasteiger partial charge is 0.387 e. The molecule has 0 fully saturated rings. The van der Waals surface area contributed by atoms with Gasteiger partial charge in [0, 0.05) is 12.1 Å². The molecule has 0 aliphatic heterocycles. The number of urea groups is 1. The highest BCUT2D eigenvalue weighted by atomic mass is 19.3. The summed E-state index contributed by atoms with van der Waals surface area (Å²) in [6, 6.07) is 7.58. The first-order valence-electron chi connectivity index (χ1n) is 8.99. The summed E-state index contributed by atoms with van der Waals surface area (Å²) in [5.74, 6) is -1.21. The third-order valence-electron chi connectivity index (χ3n) is 4.68. The molecule has 1 aliphatic rings. The van der Waals surface area contributed by atoms with E-state index in [4.69, 9.17) is 0 Å². The standard InChI is InChI=1S/C20H20F4N2O2/c21-16-4-2-5-17(22)15(16)9-10-25-20(27)26-18-6-1-3-12-11-13(28-19(23)24)7-8-14(12)18/h2,4-5,7-8,11,18-19H,1,3,6,9-10H2,(H2,25,26,27). The Bertz CT molecular complexity index is 825. The highest BCUT2D eigenvalue weighted by Gasteiger charge is 2.22. The molecule has 0 saturated carbocycles. The number of hydrogen-bond acceptors (Lipinski definition) is 2. The highest BCUT2D eigenvalue weighted by molar-refractivity contribution is 5.74. The Morgan fingerprint density at radius 3 is 2.64 bits per heavy atom. The van der Waals surface area contributed by atoms with E-state index in [9.17, 15) is 22.4 Å². The Morgan fingerprint density at radius 1 is 1.18 bits per heavy atom. The molecule has 1 unspecified atom stereocenters. The highest BCUT2D eigenvalue weighted by Crippen LogP contribution is 2.32. The first-order valence-corrected chi connectivity index (χ1v) is 8.99. The van der Waals surface area contributed by atoms with E-state index in [2.05, 4.69) is 15.4 Å². The molecule has 150 valence electrons. The van der Waals surface area contributed by atoms with Gasteiger partial charge in [0.15, 0.2) is 0 Å². The number of hydrogen-bond donors (Lipinski definition) is 2. The molecule has 0 spiro atoms. The molecule has 3 rings (SSSR count). The summed E-state index contributed by atoms with van der Waals surface area (Å²) in [5, 5.41) is 5.42. The first kappa shape index (κ1) is 20.0. The third-order valence-corrected chi connectivity index (χ3v) is 4.68. The van der Waals surface area contributed by atoms with Crippen molar-refractivity contribution in [1.29, 1.82) is 0 Å². The number of fused-ring (bicyclic) bond motifs is 1. The molecule has 0 heterocycles. The predicted molar refractivity (Wildman–Crippen MR) is 95.3 cm³/mol. The summed E-state index contributed by atoms with van der Waals surface area (Å²) < 4.78 is 56.3. The Kier molecular flexibility index (Phi) is 6.38. The maximum Gasteiger partial charge on any atom is 0.387 e. The second-order valence-electron chi connectivity index (χ2n) is 6.53. The number of benzene rings is 2. The number of aryl methyl sites for hydroxylation is 1. The summed E-state index contributed by atoms with van der Waals surface area (Å²) in [6.45, 7) is -2.81. The minimum atomic E-state index is -2.89. The third kappa shape index (κ3) is 4.94. The van der Waals surface area contributed by atoms with Gasteiger partial charge < -0.3 is 15.4 Å². The van der Waals surface area contributed by atoms with E-state index in [-0.39, 0.29) is 30.3 Å². The predicted octanol–water partition coefficient (Wildman–Crippen LogP) is 4.49. The van der Waals surface area contributed by atoms with Crippen LogP contribution in [0.4, 0.5) is 22.4 Å². The van der Waals surface area contributed by atoms with Crippen LogP contribution in [0.1, 0.15) is 35.6 Å². The fourth-order valence-electron chi connectivity index (χ4n) is 3.40. The van der Waals surface area contributed by atoms with Crippen LogP contribution in [0.25, 0.3) is 0 Å². The Hall–Kier alpha value is -2.77. The molecule has 1 aliphatic carbocycles. The molecule has 0 aromatic heterocycles. The molecule has 0 radical (unpaired) electrons. The maximum absolute atomic E-state index is 13.6. The van der Waals surface area contributed by atoms with E-state index in [0.29, 0.717) is 12.8 Å². The monoisotopic (exact) mass is 396 g/mol. The topological polar surface area (TPSA) is 50.4 Å². The van der Waals surface area contributed by atoms with Crippen LogP contribution < -0.4 is 15.4 Å². The Balaban J connectivity index is 1.56. The second kappa shape index (κ2) is 8.95. The zero-order valence-electron chi connectivity index (χ0n) is 15.0. The summed E-state index contributed by atoms with van der Waals surface area (Å²) in [4.78, 5) is 12.2. The molecule has 0 saturated heterocycles. The number of amides is 2. The first-order chi connectivity index (χ1) is 13.4. The molecule has 0 bridgehead atoms. The quantitative estimate of drug-likeness (QED) is 0.707. The maximum atomic E-state index is 13.6. The number of carbonyl (C=O) groups excluding carboxylic acids is 1. The van der Waals surface area contributed by atoms with Crippen LogP contribution in [0.5, 0.6) is 5.75 Å². The lowest BCUT2D eigenvalue weighted by Gasteiger charge is -2.27. The van der Waals surface area contributed by atoms with Gasteiger partial charge in [-0.15, -0.1) is 0 Å². The van der Waals surface area contributed by atoms with Gasteiger partial charge in [0.25, 0.3) is 0 Å². The van der Waals surface area contributed by atoms with Gasteiger partial charge in [-0.1, -0.05) is 12.1 Å². The van der Waals surface area contributed by atoms with Crippen molar-refractivity contribution < 1.29 is 27.1 Å². The largest absolute Gasteiger partial charge is 0.435 e. The number of carbonyl (C=O) groups is 1. The lowest BCUT2D eigenvalue weighted by atomic mass is 9.87. The van der Waals surface area contributed by atoms with Crippen molar-refractivity contribution in [2.75, 3.05) is 6.54 Å². The van der Waals surface area contributed by atoms with Gasteiger partial charge in [0.1, 0.15) is 17.4 Å². The van der Waals surface area contributed by atoms with Crippen molar-refractivity contribution in [3.63, 3.8) is 0 Å². The van der Waals surface area contributed by atoms with Gasteiger partial charge in [-0.25, -0.2) is 13.6 Å². The number of rotatable bonds is 6. The summed E-state index contributed by atoms with van der Waals surface area (Å²) in [5.41, 5.74) is 1.63. The van der Waals surface area contributed by atoms with Crippen LogP contribution in [-0.2, 0) is 12.8 Å². The zero-order chi connectivity index (χ0) is 20.1. The SMILES string of the molecule is O=C(NCCc1c(F)cccc1F)NC1CCCc2cc(OC(F)F)ccc21. The van der Waals surface area contributed by atoms with E-state index in [1.807, 2.05) is 0 Å². The van der Waals surface area contributed by atoms with E-state index in [1.165, 1.54) is 24.3 Å². The Labute approximate surface area is 159 Å². The van der Waals surface area contributed by atoms with Crippen LogP contribution in [0.15, 0.2) is 36.4 Å². The Morgan fingerprint density at radius 2 is 1.93 bits per heavy atom. The van der Waals surface area contributed by atoms with Crippen molar-refractivity contribution >= 4 is 6.03 Å². The van der Waals surface area contributed by atoms with E-state index < -0.39 is 24.3 Å². The zero-order valence-corrected chi connectivity index (χ0v) is 15.0. The normalized spacial score (nSPS) is 15.8. The molecule has 2 amide bonds. The molecule has 2 aromatic rings. The van der Waals surface area contributed by atoms with Crippen molar-refractivity contribution in [2.45, 2.75) is 38.3 Å². The summed E-state index contributed by atoms with van der Waals surface area (Å²) in [6.07, 6.45) is 2.23. The number of nitrogens with one attached hydrogen (secondary N) is 2. The fourth-order valence-corrected chi connectivity index (χ4v) is 3.40. The van der Waals surface area contributed by atoms with Gasteiger partial charge in [-0.2, -0.15) is 8.78 Å². The van der Waals surface area contributed by atoms with Crippen LogP contribution in [-0.4, -0.2) is 19.2 Å². The number of ether oxygens (including phenoxy) is 1. The average Bonchev–Trinajstić information content (AvgIpc) is 2.63. The van der Waals surface area contributed by atoms with Crippen molar-refractivity contribution in [3.05, 3.63) is 64.7 Å². The molecule has 2 N–H and O–H groups in total. The van der Waals surface area contributed by atoms with Gasteiger partial charge >= 0.3 is 12.6 Å². The van der Waals surface area contributed by atoms with Crippen LogP contribution in [0.3, 0.4) is 0 Å². The van der Waals surface area contributed by atoms with Crippen molar-refractivity contribution in [1.82, 2.24) is 10.6 Å². The number of alkyl halides is 2. The number of halogens is 4. The molecular weight excluding hydrogens is 376 g/mol. The average molecular weight is 396 g/mol. The van der Waals surface area contributed by atoms with Crippen LogP contribution in [0, 0.1) is 11.6 Å². The molecule has 2 aromatic carbocycles. The van der Waals surface area contributed by atoms with E-state index in [1.54, 1.807) is 12.1 Å². The minimum Gasteiger partial charge on any atom is -0.435 e. The van der Waals surface area contributed by atoms with Crippen molar-refractivity contribution in [2.24, 2.45) is 0 Å². The van der Waals surface area contributed by atoms with Gasteiger partial charge in [0.05, 0.1) is 6.04 Å². The molecule has 28 heavy (non-hydrogen) atoms. The van der Waals surface area contributed by atoms with Gasteiger partial charge in [0.2, 0.25) is 0 Å². The minimum absolute atomic E-state index is 0.0293. The van der Waals surface area contributed by atoms with Gasteiger partial charge in [-0.3, -0.25) is 0 Å². The van der Waals surface area contributed by atoms with E-state index >= 15 is 0 Å². The van der Waals surface area contributed by atoms with E-state index in [0.717, 1.165) is 17.5 Å². The molecule has 1 atom stereocenters. The second-order valence-corrected chi connectivity index (χ2v) is 6.53. The molecular formula is C20H20F4N2O2. The fraction of sp³-hybridized carbons (Fsp3) is 0.350. The summed E-state index contributed by atoms with van der Waals surface area (Å²) in [7, 11) is 0. The van der Waals surface area contributed by atoms with Crippen LogP contribution in [0.2, 0.25) is 0 Å². The van der Waals surface area contributed by atoms with Gasteiger partial charge in [-0.05, 0) is 61.1 Å². The van der Waals surface area contributed by atoms with Crippen LogP contribution >= 0.6 is 0 Å². The lowest BCUT2D eigenvalue weighted by Crippen LogP contribution is -2.40. The molecule has 8 heteroatoms.